The summed E-state index contributed by atoms with van der Waals surface area (Å²) in [6.45, 7) is 58.2. The van der Waals surface area contributed by atoms with Gasteiger partial charge in [0, 0.05) is 95.7 Å². The van der Waals surface area contributed by atoms with Gasteiger partial charge in [0.15, 0.2) is 10.8 Å². The van der Waals surface area contributed by atoms with Gasteiger partial charge in [-0.25, -0.2) is 0 Å². The summed E-state index contributed by atoms with van der Waals surface area (Å²) >= 11 is 0. The van der Waals surface area contributed by atoms with Gasteiger partial charge >= 0.3 is 23.9 Å². The Morgan fingerprint density at radius 2 is 0.659 bits per heavy atom. The van der Waals surface area contributed by atoms with Crippen LogP contribution in [-0.4, -0.2) is 127 Å². The summed E-state index contributed by atoms with van der Waals surface area (Å²) in [5.41, 5.74) is 1.26. The second-order valence-corrected chi connectivity index (χ2v) is 35.0. The summed E-state index contributed by atoms with van der Waals surface area (Å²) in [6.07, 6.45) is 4.57. The summed E-state index contributed by atoms with van der Waals surface area (Å²) in [4.78, 5) is 62.8. The van der Waals surface area contributed by atoms with Gasteiger partial charge in [-0.2, -0.15) is 0 Å². The number of phenolic OH excluding ortho intramolecular Hbond substituents is 2. The second kappa shape index (κ2) is 25.3. The summed E-state index contributed by atoms with van der Waals surface area (Å²) < 4.78 is 25.4. The number of aryl methyl sites for hydroxylation is 2. The van der Waals surface area contributed by atoms with Crippen LogP contribution in [0.1, 0.15) is 275 Å². The Labute approximate surface area is 533 Å². The molecule has 0 spiro atoms. The number of aromatic hydroxyl groups is 2. The minimum absolute atomic E-state index is 0.103. The number of rotatable bonds is 14. The van der Waals surface area contributed by atoms with E-state index in [1.807, 2.05) is 53.7 Å². The highest BCUT2D eigenvalue weighted by Crippen LogP contribution is 2.47. The summed E-state index contributed by atoms with van der Waals surface area (Å²) in [7, 11) is 4.24. The van der Waals surface area contributed by atoms with Crippen molar-refractivity contribution in [2.24, 2.45) is 10.8 Å². The SMILES string of the molecule is CCC(Cc1c(C)cc(C(C)(C)C)c(O)c1C)(C(=O)OC1CC(C)(C)N(C)C(C)(C)C1)C(=O)OC1CC(C)(C)N(C)C(C)(C)C1.CCC(Cc1c(C)cc(C(C)(C)C)c(O)c1C)(C(=O)OC1CC(C)(C)NC(C)(C)C1)C(=O)OC1CC(C)(C)NC(C)(C)C1. The van der Waals surface area contributed by atoms with Gasteiger partial charge in [0.1, 0.15) is 35.9 Å². The molecule has 4 N–H and O–H groups in total. The lowest BCUT2D eigenvalue weighted by molar-refractivity contribution is -0.188. The van der Waals surface area contributed by atoms with E-state index in [0.29, 0.717) is 62.5 Å². The van der Waals surface area contributed by atoms with Crippen LogP contribution >= 0.6 is 0 Å². The van der Waals surface area contributed by atoms with E-state index >= 15 is 0 Å². The maximum atomic E-state index is 14.6. The van der Waals surface area contributed by atoms with Gasteiger partial charge in [-0.05, 0) is 234 Å². The first-order valence-corrected chi connectivity index (χ1v) is 33.1. The molecule has 0 aliphatic carbocycles. The van der Waals surface area contributed by atoms with Crippen LogP contribution < -0.4 is 10.6 Å². The first-order chi connectivity index (χ1) is 39.5. The number of piperidine rings is 4. The molecule has 88 heavy (non-hydrogen) atoms. The van der Waals surface area contributed by atoms with Crippen molar-refractivity contribution in [3.8, 4) is 11.5 Å². The molecule has 4 aliphatic heterocycles. The van der Waals surface area contributed by atoms with Crippen molar-refractivity contribution >= 4 is 23.9 Å². The summed E-state index contributed by atoms with van der Waals surface area (Å²) in [6, 6.07) is 3.99. The smallest absolute Gasteiger partial charge is 0.324 e. The van der Waals surface area contributed by atoms with Crippen LogP contribution in [0.2, 0.25) is 0 Å². The van der Waals surface area contributed by atoms with E-state index < -0.39 is 34.7 Å². The van der Waals surface area contributed by atoms with Gasteiger partial charge in [0.2, 0.25) is 0 Å². The van der Waals surface area contributed by atoms with Crippen LogP contribution in [0.3, 0.4) is 0 Å². The average Bonchev–Trinajstić information content (AvgIpc) is 0.899. The number of benzene rings is 2. The monoisotopic (exact) mass is 1230 g/mol. The van der Waals surface area contributed by atoms with E-state index in [0.717, 1.165) is 33.4 Å². The third-order valence-electron chi connectivity index (χ3n) is 21.1. The number of likely N-dealkylation sites (tertiary alicyclic amines) is 2. The Balaban J connectivity index is 0.000000321. The van der Waals surface area contributed by atoms with Crippen molar-refractivity contribution in [3.05, 3.63) is 56.6 Å². The zero-order valence-electron chi connectivity index (χ0n) is 61.0. The number of hydrogen-bond acceptors (Lipinski definition) is 14. The predicted octanol–water partition coefficient (Wildman–Crippen LogP) is 14.6. The van der Waals surface area contributed by atoms with Crippen LogP contribution in [-0.2, 0) is 61.8 Å². The third kappa shape index (κ3) is 16.5. The molecule has 0 saturated carbocycles. The van der Waals surface area contributed by atoms with Crippen molar-refractivity contribution in [1.29, 1.82) is 0 Å². The van der Waals surface area contributed by atoms with Crippen LogP contribution in [0.25, 0.3) is 0 Å². The van der Waals surface area contributed by atoms with Crippen molar-refractivity contribution in [1.82, 2.24) is 20.4 Å². The fourth-order valence-electron chi connectivity index (χ4n) is 16.0. The summed E-state index contributed by atoms with van der Waals surface area (Å²) in [5, 5.41) is 29.9. The van der Waals surface area contributed by atoms with Crippen LogP contribution in [0.5, 0.6) is 11.5 Å². The van der Waals surface area contributed by atoms with E-state index in [2.05, 4.69) is 187 Å². The number of nitrogens with one attached hydrogen (secondary N) is 2. The molecule has 0 aromatic heterocycles. The minimum atomic E-state index is -1.56. The van der Waals surface area contributed by atoms with Gasteiger partial charge in [0.05, 0.1) is 0 Å². The van der Waals surface area contributed by atoms with Crippen LogP contribution in [0.4, 0.5) is 0 Å². The van der Waals surface area contributed by atoms with Gasteiger partial charge in [0.25, 0.3) is 0 Å². The lowest BCUT2D eigenvalue weighted by Crippen LogP contribution is -2.61. The van der Waals surface area contributed by atoms with Crippen LogP contribution in [0.15, 0.2) is 12.1 Å². The molecule has 4 aliphatic rings. The molecule has 500 valence electrons. The Morgan fingerprint density at radius 1 is 0.443 bits per heavy atom. The van der Waals surface area contributed by atoms with E-state index in [1.165, 1.54) is 0 Å². The van der Waals surface area contributed by atoms with Gasteiger partial charge in [-0.3, -0.25) is 29.0 Å². The number of carbonyl (C=O) groups excluding carboxylic acids is 4. The maximum Gasteiger partial charge on any atom is 0.324 e. The van der Waals surface area contributed by atoms with E-state index in [-0.39, 0.29) is 117 Å². The average molecular weight is 1230 g/mol. The molecule has 6 rings (SSSR count). The molecule has 2 aromatic carbocycles. The molecule has 14 heteroatoms. The van der Waals surface area contributed by atoms with Crippen molar-refractivity contribution < 1.29 is 48.3 Å². The zero-order valence-corrected chi connectivity index (χ0v) is 61.0. The van der Waals surface area contributed by atoms with Gasteiger partial charge in [-0.1, -0.05) is 67.5 Å². The Hall–Kier alpha value is -4.24. The van der Waals surface area contributed by atoms with Gasteiger partial charge < -0.3 is 39.8 Å². The molecule has 0 radical (unpaired) electrons. The molecule has 14 nitrogen and oxygen atoms in total. The van der Waals surface area contributed by atoms with Crippen molar-refractivity contribution in [2.75, 3.05) is 14.1 Å². The molecular formula is C74H124N4O10. The number of hydrogen-bond donors (Lipinski definition) is 4. The third-order valence-corrected chi connectivity index (χ3v) is 21.1. The maximum absolute atomic E-state index is 14.6. The van der Waals surface area contributed by atoms with E-state index in [1.54, 1.807) is 0 Å². The minimum Gasteiger partial charge on any atom is -0.507 e. The van der Waals surface area contributed by atoms with Gasteiger partial charge in [-0.15, -0.1) is 0 Å². The quantitative estimate of drug-likeness (QED) is 0.0798. The molecule has 4 fully saturated rings. The number of ether oxygens (including phenoxy) is 4. The number of esters is 4. The predicted molar refractivity (Wildman–Crippen MR) is 356 cm³/mol. The normalized spacial score (nSPS) is 22.4. The lowest BCUT2D eigenvalue weighted by Gasteiger charge is -2.53. The first-order valence-electron chi connectivity index (χ1n) is 33.1. The number of phenols is 2. The second-order valence-electron chi connectivity index (χ2n) is 35.0. The molecule has 4 saturated heterocycles. The van der Waals surface area contributed by atoms with E-state index in [4.69, 9.17) is 18.9 Å². The molecular weight excluding hydrogens is 1100 g/mol. The Kier molecular flexibility index (Phi) is 21.4. The topological polar surface area (TPSA) is 176 Å². The van der Waals surface area contributed by atoms with Crippen molar-refractivity contribution in [3.63, 3.8) is 0 Å². The molecule has 2 aromatic rings. The molecule has 4 heterocycles. The number of carbonyl (C=O) groups is 4. The summed E-state index contributed by atoms with van der Waals surface area (Å²) in [5.74, 6) is -1.70. The highest BCUT2D eigenvalue weighted by atomic mass is 16.6. The molecule has 0 unspecified atom stereocenters. The fraction of sp³-hybridized carbons (Fsp3) is 0.784. The van der Waals surface area contributed by atoms with Crippen LogP contribution in [0, 0.1) is 38.5 Å². The largest absolute Gasteiger partial charge is 0.507 e. The number of nitrogens with zero attached hydrogens (tertiary/aromatic N) is 2. The van der Waals surface area contributed by atoms with E-state index in [9.17, 15) is 29.4 Å². The van der Waals surface area contributed by atoms with Crippen molar-refractivity contribution in [2.45, 2.75) is 350 Å². The zero-order chi connectivity index (χ0) is 67.7. The Morgan fingerprint density at radius 3 is 0.864 bits per heavy atom. The fourth-order valence-corrected chi connectivity index (χ4v) is 16.0. The highest BCUT2D eigenvalue weighted by Gasteiger charge is 2.55. The highest BCUT2D eigenvalue weighted by molar-refractivity contribution is 6.01. The standard InChI is InChI=1S/C38H64N2O5.C36H60N2O5/c1-17-38(23-28-24(2)18-29(33(4,5)6)30(41)25(28)3,31(42)44-26-19-34(7,8)39(15)35(9,10)20-26)32(43)45-27-21-36(11,12)40(16)37(13,14)22-27;1-15-36(29(40)42-24-17-32(7,8)37-33(9,10)18-24,30(41)43-25-19-34(11,12)38-35(13,14)20-25)21-26-22(2)16-27(31(4,5)6)28(39)23(26)3/h18,26-27,41H,17,19-23H2,1-16H3;16,24-25,37-39H,15,17-21H2,1-14H3. The lowest BCUT2D eigenvalue weighted by atomic mass is 9.74. The Bertz CT molecular complexity index is 2720. The molecule has 0 bridgehead atoms. The molecule has 0 atom stereocenters. The first kappa shape index (κ1) is 74.5. The molecule has 0 amide bonds.